The molecule has 2 aliphatic rings. The van der Waals surface area contributed by atoms with Gasteiger partial charge in [-0.2, -0.15) is 0 Å². The third-order valence-corrected chi connectivity index (χ3v) is 4.40. The fraction of sp³-hybridized carbons (Fsp3) is 0.158. The van der Waals surface area contributed by atoms with Crippen LogP contribution in [0.1, 0.15) is 17.9 Å². The average Bonchev–Trinajstić information content (AvgIpc) is 2.98. The minimum Gasteiger partial charge on any atom is -0.456 e. The van der Waals surface area contributed by atoms with Crippen LogP contribution in [-0.2, 0) is 14.3 Å². The zero-order valence-corrected chi connectivity index (χ0v) is 12.7. The molecule has 2 aromatic rings. The molecule has 0 saturated carbocycles. The Kier molecular flexibility index (Phi) is 3.41. The summed E-state index contributed by atoms with van der Waals surface area (Å²) >= 11 is 0. The van der Waals surface area contributed by atoms with Crippen LogP contribution in [0.3, 0.4) is 0 Å². The van der Waals surface area contributed by atoms with Gasteiger partial charge in [-0.05, 0) is 29.8 Å². The Morgan fingerprint density at radius 1 is 1.00 bits per heavy atom. The Labute approximate surface area is 138 Å². The molecule has 120 valence electrons. The molecule has 2 heterocycles. The van der Waals surface area contributed by atoms with E-state index in [1.807, 2.05) is 30.3 Å². The van der Waals surface area contributed by atoms with Gasteiger partial charge in [0, 0.05) is 18.0 Å². The molecular weight excluding hydrogens is 309 g/mol. The number of benzene rings is 2. The third kappa shape index (κ3) is 2.29. The molecule has 0 fully saturated rings. The van der Waals surface area contributed by atoms with E-state index >= 15 is 0 Å². The average molecular weight is 323 g/mol. The molecule has 1 amide bonds. The molecule has 4 nitrogen and oxygen atoms in total. The number of hydrogen-bond donors (Lipinski definition) is 0. The predicted octanol–water partition coefficient (Wildman–Crippen LogP) is 3.16. The zero-order valence-electron chi connectivity index (χ0n) is 12.7. The van der Waals surface area contributed by atoms with Crippen LogP contribution in [0.25, 0.3) is 0 Å². The maximum atomic E-state index is 13.2. The molecule has 4 rings (SSSR count). The summed E-state index contributed by atoms with van der Waals surface area (Å²) in [4.78, 5) is 26.5. The highest BCUT2D eigenvalue weighted by Gasteiger charge is 2.42. The normalized spacial score (nSPS) is 20.2. The second kappa shape index (κ2) is 5.60. The van der Waals surface area contributed by atoms with Crippen molar-refractivity contribution in [2.45, 2.75) is 12.3 Å². The van der Waals surface area contributed by atoms with Crippen molar-refractivity contribution < 1.29 is 18.7 Å². The number of anilines is 1. The molecule has 0 radical (unpaired) electrons. The monoisotopic (exact) mass is 323 g/mol. The van der Waals surface area contributed by atoms with Crippen molar-refractivity contribution in [2.24, 2.45) is 0 Å². The number of hydrogen-bond acceptors (Lipinski definition) is 3. The summed E-state index contributed by atoms with van der Waals surface area (Å²) in [5.41, 5.74) is 2.52. The SMILES string of the molecule is O=C1OCC2=C1[C@H](c1ccccc1)CC(=O)N2c1ccc(F)cc1. The van der Waals surface area contributed by atoms with Crippen LogP contribution < -0.4 is 4.90 Å². The fourth-order valence-corrected chi connectivity index (χ4v) is 3.31. The van der Waals surface area contributed by atoms with Crippen LogP contribution in [0.4, 0.5) is 10.1 Å². The van der Waals surface area contributed by atoms with Gasteiger partial charge in [-0.1, -0.05) is 30.3 Å². The number of amides is 1. The molecule has 2 aromatic carbocycles. The molecule has 0 unspecified atom stereocenters. The topological polar surface area (TPSA) is 46.6 Å². The molecule has 5 heteroatoms. The molecule has 0 aromatic heterocycles. The van der Waals surface area contributed by atoms with Gasteiger partial charge in [-0.3, -0.25) is 9.69 Å². The van der Waals surface area contributed by atoms with Gasteiger partial charge in [0.1, 0.15) is 12.4 Å². The quantitative estimate of drug-likeness (QED) is 0.798. The molecule has 0 spiro atoms. The van der Waals surface area contributed by atoms with E-state index in [4.69, 9.17) is 4.74 Å². The summed E-state index contributed by atoms with van der Waals surface area (Å²) < 4.78 is 18.4. The van der Waals surface area contributed by atoms with Crippen molar-refractivity contribution in [3.05, 3.63) is 77.2 Å². The van der Waals surface area contributed by atoms with Crippen molar-refractivity contribution >= 4 is 17.6 Å². The second-order valence-corrected chi connectivity index (χ2v) is 5.81. The number of esters is 1. The van der Waals surface area contributed by atoms with Gasteiger partial charge in [0.15, 0.2) is 0 Å². The van der Waals surface area contributed by atoms with Crippen LogP contribution in [0.2, 0.25) is 0 Å². The summed E-state index contributed by atoms with van der Waals surface area (Å²) in [6.45, 7) is 0.0562. The Hall–Kier alpha value is -2.95. The Bertz CT molecular complexity index is 843. The lowest BCUT2D eigenvalue weighted by Crippen LogP contribution is -2.37. The summed E-state index contributed by atoms with van der Waals surface area (Å²) in [5.74, 6) is -1.20. The van der Waals surface area contributed by atoms with E-state index in [1.165, 1.54) is 29.2 Å². The summed E-state index contributed by atoms with van der Waals surface area (Å²) in [6, 6.07) is 15.1. The molecule has 24 heavy (non-hydrogen) atoms. The smallest absolute Gasteiger partial charge is 0.336 e. The highest BCUT2D eigenvalue weighted by molar-refractivity contribution is 6.06. The van der Waals surface area contributed by atoms with Gasteiger partial charge in [-0.15, -0.1) is 0 Å². The standard InChI is InChI=1S/C19H14FNO3/c20-13-6-8-14(9-7-13)21-16-11-24-19(23)18(16)15(10-17(21)22)12-4-2-1-3-5-12/h1-9,15H,10-11H2/t15-/m0/s1. The second-order valence-electron chi connectivity index (χ2n) is 5.81. The number of carbonyl (C=O) groups excluding carboxylic acids is 2. The number of rotatable bonds is 2. The van der Waals surface area contributed by atoms with E-state index in [-0.39, 0.29) is 30.7 Å². The number of halogens is 1. The summed E-state index contributed by atoms with van der Waals surface area (Å²) in [5, 5.41) is 0. The Morgan fingerprint density at radius 2 is 1.71 bits per heavy atom. The maximum absolute atomic E-state index is 13.2. The van der Waals surface area contributed by atoms with Crippen LogP contribution in [0.15, 0.2) is 65.9 Å². The van der Waals surface area contributed by atoms with Gasteiger partial charge < -0.3 is 4.74 Å². The van der Waals surface area contributed by atoms with E-state index in [0.29, 0.717) is 17.0 Å². The van der Waals surface area contributed by atoms with Crippen LogP contribution in [-0.4, -0.2) is 18.5 Å². The van der Waals surface area contributed by atoms with Gasteiger partial charge in [0.2, 0.25) is 5.91 Å². The van der Waals surface area contributed by atoms with Crippen LogP contribution >= 0.6 is 0 Å². The van der Waals surface area contributed by atoms with E-state index in [9.17, 15) is 14.0 Å². The van der Waals surface area contributed by atoms with Crippen molar-refractivity contribution in [3.8, 4) is 0 Å². The summed E-state index contributed by atoms with van der Waals surface area (Å²) in [7, 11) is 0. The van der Waals surface area contributed by atoms with Crippen LogP contribution in [0, 0.1) is 5.82 Å². The number of cyclic esters (lactones) is 1. The molecule has 1 atom stereocenters. The first-order valence-electron chi connectivity index (χ1n) is 7.69. The van der Waals surface area contributed by atoms with E-state index in [2.05, 4.69) is 0 Å². The first-order chi connectivity index (χ1) is 11.6. The van der Waals surface area contributed by atoms with Crippen molar-refractivity contribution in [1.29, 1.82) is 0 Å². The molecule has 0 saturated heterocycles. The lowest BCUT2D eigenvalue weighted by Gasteiger charge is -2.31. The summed E-state index contributed by atoms with van der Waals surface area (Å²) in [6.07, 6.45) is 0.176. The third-order valence-electron chi connectivity index (χ3n) is 4.40. The number of ether oxygens (including phenoxy) is 1. The van der Waals surface area contributed by atoms with Gasteiger partial charge in [0.25, 0.3) is 0 Å². The largest absolute Gasteiger partial charge is 0.456 e. The number of carbonyl (C=O) groups is 2. The van der Waals surface area contributed by atoms with Crippen LogP contribution in [0.5, 0.6) is 0 Å². The Balaban J connectivity index is 1.83. The van der Waals surface area contributed by atoms with Crippen molar-refractivity contribution in [3.63, 3.8) is 0 Å². The first kappa shape index (κ1) is 14.6. The van der Waals surface area contributed by atoms with E-state index in [1.54, 1.807) is 0 Å². The lowest BCUT2D eigenvalue weighted by atomic mass is 9.84. The van der Waals surface area contributed by atoms with Crippen molar-refractivity contribution in [2.75, 3.05) is 11.5 Å². The van der Waals surface area contributed by atoms with E-state index < -0.39 is 5.97 Å². The zero-order chi connectivity index (χ0) is 16.7. The van der Waals surface area contributed by atoms with E-state index in [0.717, 1.165) is 5.56 Å². The van der Waals surface area contributed by atoms with Gasteiger partial charge >= 0.3 is 5.97 Å². The lowest BCUT2D eigenvalue weighted by molar-refractivity contribution is -0.136. The first-order valence-corrected chi connectivity index (χ1v) is 7.69. The van der Waals surface area contributed by atoms with Crippen molar-refractivity contribution in [1.82, 2.24) is 0 Å². The minimum atomic E-state index is -0.390. The number of nitrogens with zero attached hydrogens (tertiary/aromatic N) is 1. The molecule has 0 bridgehead atoms. The Morgan fingerprint density at radius 3 is 2.42 bits per heavy atom. The predicted molar refractivity (Wildman–Crippen MR) is 85.7 cm³/mol. The maximum Gasteiger partial charge on any atom is 0.336 e. The fourth-order valence-electron chi connectivity index (χ4n) is 3.31. The molecule has 0 aliphatic carbocycles. The molecule has 2 aliphatic heterocycles. The molecular formula is C19H14FNO3. The highest BCUT2D eigenvalue weighted by Crippen LogP contribution is 2.41. The van der Waals surface area contributed by atoms with Gasteiger partial charge in [0.05, 0.1) is 11.3 Å². The highest BCUT2D eigenvalue weighted by atomic mass is 19.1. The minimum absolute atomic E-state index is 0.0562. The molecule has 0 N–H and O–H groups in total. The van der Waals surface area contributed by atoms with Gasteiger partial charge in [-0.25, -0.2) is 9.18 Å².